The summed E-state index contributed by atoms with van der Waals surface area (Å²) < 4.78 is 0. The normalized spacial score (nSPS) is 23.4. The van der Waals surface area contributed by atoms with Gasteiger partial charge in [-0.25, -0.2) is 0 Å². The number of guanidine groups is 1. The maximum Gasteiger partial charge on any atom is 0.225 e. The number of carbonyl (C=O) groups is 1. The molecule has 1 aliphatic carbocycles. The van der Waals surface area contributed by atoms with Gasteiger partial charge in [0.1, 0.15) is 0 Å². The number of hydrogen-bond donors (Lipinski definition) is 2. The van der Waals surface area contributed by atoms with E-state index in [0.29, 0.717) is 11.9 Å². The van der Waals surface area contributed by atoms with Crippen LogP contribution in [-0.4, -0.2) is 62.1 Å². The number of aliphatic imine (C=N–C) groups is 1. The zero-order valence-corrected chi connectivity index (χ0v) is 18.6. The fraction of sp³-hybridized carbons (Fsp3) is 0.667. The van der Waals surface area contributed by atoms with E-state index in [4.69, 9.17) is 0 Å². The molecule has 1 saturated heterocycles. The van der Waals surface area contributed by atoms with Crippen LogP contribution in [0.5, 0.6) is 0 Å². The van der Waals surface area contributed by atoms with E-state index >= 15 is 0 Å². The second-order valence-electron chi connectivity index (χ2n) is 9.12. The number of likely N-dealkylation sites (tertiary alicyclic amines) is 1. The summed E-state index contributed by atoms with van der Waals surface area (Å²) in [6.07, 6.45) is 7.98. The van der Waals surface area contributed by atoms with E-state index in [1.807, 2.05) is 7.05 Å². The lowest BCUT2D eigenvalue weighted by Crippen LogP contribution is -2.49. The minimum atomic E-state index is 0.263. The molecule has 6 nitrogen and oxygen atoms in total. The van der Waals surface area contributed by atoms with Crippen LogP contribution in [-0.2, 0) is 11.2 Å². The number of hydrogen-bond acceptors (Lipinski definition) is 3. The molecule has 6 heteroatoms. The molecule has 1 amide bonds. The highest BCUT2D eigenvalue weighted by Crippen LogP contribution is 2.29. The topological polar surface area (TPSA) is 60.0 Å². The fourth-order valence-corrected chi connectivity index (χ4v) is 5.25. The second-order valence-corrected chi connectivity index (χ2v) is 9.12. The van der Waals surface area contributed by atoms with Crippen molar-refractivity contribution in [1.82, 2.24) is 15.5 Å². The van der Waals surface area contributed by atoms with Gasteiger partial charge in [-0.05, 0) is 44.2 Å². The monoisotopic (exact) mass is 411 g/mol. The molecular formula is C24H37N5O. The Labute approximate surface area is 181 Å². The van der Waals surface area contributed by atoms with Gasteiger partial charge in [-0.1, -0.05) is 37.5 Å². The quantitative estimate of drug-likeness (QED) is 0.578. The first-order valence-electron chi connectivity index (χ1n) is 11.8. The molecule has 1 aromatic rings. The minimum absolute atomic E-state index is 0.263. The summed E-state index contributed by atoms with van der Waals surface area (Å²) in [4.78, 5) is 21.8. The molecule has 3 aliphatic rings. The predicted octanol–water partition coefficient (Wildman–Crippen LogP) is 2.78. The predicted molar refractivity (Wildman–Crippen MR) is 123 cm³/mol. The Morgan fingerprint density at radius 2 is 1.97 bits per heavy atom. The van der Waals surface area contributed by atoms with Gasteiger partial charge in [0.25, 0.3) is 0 Å². The second kappa shape index (κ2) is 9.71. The Bertz CT molecular complexity index is 758. The first-order chi connectivity index (χ1) is 14.7. The molecule has 164 valence electrons. The molecule has 0 spiro atoms. The van der Waals surface area contributed by atoms with Crippen molar-refractivity contribution in [2.24, 2.45) is 10.9 Å². The Kier molecular flexibility index (Phi) is 6.80. The maximum absolute atomic E-state index is 12.8. The van der Waals surface area contributed by atoms with Crippen LogP contribution >= 0.6 is 0 Å². The number of nitrogens with zero attached hydrogens (tertiary/aromatic N) is 3. The first-order valence-corrected chi connectivity index (χ1v) is 11.8. The maximum atomic E-state index is 12.8. The summed E-state index contributed by atoms with van der Waals surface area (Å²) in [6.45, 7) is 5.85. The molecule has 2 N–H and O–H groups in total. The first kappa shape index (κ1) is 21.0. The number of rotatable bonds is 5. The highest BCUT2D eigenvalue weighted by molar-refractivity contribution is 5.81. The fourth-order valence-electron chi connectivity index (χ4n) is 5.25. The lowest BCUT2D eigenvalue weighted by atomic mass is 9.88. The summed E-state index contributed by atoms with van der Waals surface area (Å²) >= 11 is 0. The average molecular weight is 412 g/mol. The standard InChI is InChI=1S/C24H37N5O/c1-18(29-15-12-19-8-6-7-11-22(19)29)16-26-24(25-2)27-21-13-14-28(17-21)23(30)20-9-4-3-5-10-20/h6-8,11,18,20-21H,3-5,9-10,12-17H2,1-2H3,(H2,25,26,27). The molecule has 1 saturated carbocycles. The van der Waals surface area contributed by atoms with Crippen molar-refractivity contribution in [1.29, 1.82) is 0 Å². The van der Waals surface area contributed by atoms with Gasteiger partial charge in [-0.15, -0.1) is 0 Å². The van der Waals surface area contributed by atoms with Crippen LogP contribution in [0.1, 0.15) is 51.0 Å². The van der Waals surface area contributed by atoms with Crippen LogP contribution in [0.25, 0.3) is 0 Å². The molecule has 2 heterocycles. The summed E-state index contributed by atoms with van der Waals surface area (Å²) in [5, 5.41) is 7.05. The van der Waals surface area contributed by atoms with Crippen molar-refractivity contribution < 1.29 is 4.79 Å². The van der Waals surface area contributed by atoms with Gasteiger partial charge >= 0.3 is 0 Å². The van der Waals surface area contributed by atoms with Gasteiger partial charge in [0.05, 0.1) is 0 Å². The lowest BCUT2D eigenvalue weighted by molar-refractivity contribution is -0.135. The molecule has 4 rings (SSSR count). The lowest BCUT2D eigenvalue weighted by Gasteiger charge is -2.29. The number of fused-ring (bicyclic) bond motifs is 1. The smallest absolute Gasteiger partial charge is 0.225 e. The number of anilines is 1. The van der Waals surface area contributed by atoms with Crippen molar-refractivity contribution in [2.75, 3.05) is 38.1 Å². The van der Waals surface area contributed by atoms with E-state index in [1.165, 1.54) is 30.5 Å². The summed E-state index contributed by atoms with van der Waals surface area (Å²) in [6, 6.07) is 9.38. The molecule has 2 fully saturated rings. The number of nitrogens with one attached hydrogen (secondary N) is 2. The van der Waals surface area contributed by atoms with Gasteiger partial charge in [0.15, 0.2) is 5.96 Å². The third-order valence-electron chi connectivity index (χ3n) is 7.04. The van der Waals surface area contributed by atoms with E-state index in [1.54, 1.807) is 0 Å². The van der Waals surface area contributed by atoms with E-state index < -0.39 is 0 Å². The van der Waals surface area contributed by atoms with Crippen molar-refractivity contribution in [3.8, 4) is 0 Å². The Hall–Kier alpha value is -2.24. The van der Waals surface area contributed by atoms with Crippen LogP contribution in [0.4, 0.5) is 5.69 Å². The molecule has 0 bridgehead atoms. The Morgan fingerprint density at radius 3 is 2.77 bits per heavy atom. The SMILES string of the molecule is CN=C(NCC(C)N1CCc2ccccc21)NC1CCN(C(=O)C2CCCCC2)C1. The highest BCUT2D eigenvalue weighted by Gasteiger charge is 2.32. The summed E-state index contributed by atoms with van der Waals surface area (Å²) in [5.74, 6) is 1.48. The van der Waals surface area contributed by atoms with Gasteiger partial charge in [0, 0.05) is 56.9 Å². The van der Waals surface area contributed by atoms with E-state index in [2.05, 4.69) is 56.6 Å². The minimum Gasteiger partial charge on any atom is -0.366 e. The van der Waals surface area contributed by atoms with Gasteiger partial charge in [0.2, 0.25) is 5.91 Å². The number of amides is 1. The highest BCUT2D eigenvalue weighted by atomic mass is 16.2. The van der Waals surface area contributed by atoms with Gasteiger partial charge in [-0.2, -0.15) is 0 Å². The van der Waals surface area contributed by atoms with Crippen LogP contribution in [0.15, 0.2) is 29.3 Å². The van der Waals surface area contributed by atoms with Crippen LogP contribution in [0, 0.1) is 5.92 Å². The van der Waals surface area contributed by atoms with Crippen molar-refractivity contribution in [2.45, 2.75) is 64.0 Å². The molecule has 30 heavy (non-hydrogen) atoms. The van der Waals surface area contributed by atoms with Crippen molar-refractivity contribution in [3.05, 3.63) is 29.8 Å². The summed E-state index contributed by atoms with van der Waals surface area (Å²) in [5.41, 5.74) is 2.81. The van der Waals surface area contributed by atoms with Gasteiger partial charge in [-0.3, -0.25) is 9.79 Å². The largest absolute Gasteiger partial charge is 0.366 e. The van der Waals surface area contributed by atoms with Gasteiger partial charge < -0.3 is 20.4 Å². The van der Waals surface area contributed by atoms with Crippen LogP contribution in [0.3, 0.4) is 0 Å². The third-order valence-corrected chi connectivity index (χ3v) is 7.04. The summed E-state index contributed by atoms with van der Waals surface area (Å²) in [7, 11) is 1.82. The van der Waals surface area contributed by atoms with Crippen molar-refractivity contribution in [3.63, 3.8) is 0 Å². The van der Waals surface area contributed by atoms with Crippen molar-refractivity contribution >= 4 is 17.6 Å². The molecule has 2 aliphatic heterocycles. The van der Waals surface area contributed by atoms with Crippen LogP contribution in [0.2, 0.25) is 0 Å². The van der Waals surface area contributed by atoms with E-state index in [-0.39, 0.29) is 12.0 Å². The Morgan fingerprint density at radius 1 is 1.17 bits per heavy atom. The molecule has 0 radical (unpaired) electrons. The average Bonchev–Trinajstić information content (AvgIpc) is 3.43. The molecular weight excluding hydrogens is 374 g/mol. The zero-order valence-electron chi connectivity index (χ0n) is 18.6. The third kappa shape index (κ3) is 4.73. The zero-order chi connectivity index (χ0) is 20.9. The number of carbonyl (C=O) groups excluding carboxylic acids is 1. The molecule has 0 aromatic heterocycles. The van der Waals surface area contributed by atoms with Crippen LogP contribution < -0.4 is 15.5 Å². The van der Waals surface area contributed by atoms with E-state index in [9.17, 15) is 4.79 Å². The number of benzene rings is 1. The van der Waals surface area contributed by atoms with E-state index in [0.717, 1.165) is 57.8 Å². The Balaban J connectivity index is 1.24. The molecule has 1 aromatic carbocycles. The molecule has 2 atom stereocenters. The number of para-hydroxylation sites is 1. The molecule has 2 unspecified atom stereocenters.